The van der Waals surface area contributed by atoms with Crippen LogP contribution >= 0.6 is 23.2 Å². The summed E-state index contributed by atoms with van der Waals surface area (Å²) in [4.78, 5) is 14.4. The number of hydrogen-bond acceptors (Lipinski definition) is 4. The first kappa shape index (κ1) is 19.2. The van der Waals surface area contributed by atoms with Gasteiger partial charge in [0.05, 0.1) is 18.5 Å². The highest BCUT2D eigenvalue weighted by Gasteiger charge is 2.22. The first-order valence-electron chi connectivity index (χ1n) is 8.17. The van der Waals surface area contributed by atoms with Gasteiger partial charge in [-0.05, 0) is 43.3 Å². The van der Waals surface area contributed by atoms with Crippen LogP contribution in [0.15, 0.2) is 42.5 Å². The van der Waals surface area contributed by atoms with E-state index in [1.807, 2.05) is 12.1 Å². The summed E-state index contributed by atoms with van der Waals surface area (Å²) in [6.45, 7) is 2.12. The smallest absolute Gasteiger partial charge is 0.276 e. The van der Waals surface area contributed by atoms with Gasteiger partial charge < -0.3 is 9.64 Å². The number of halogens is 2. The van der Waals surface area contributed by atoms with Gasteiger partial charge in [-0.25, -0.2) is 4.68 Å². The lowest BCUT2D eigenvalue weighted by molar-refractivity contribution is 0.0777. The van der Waals surface area contributed by atoms with Crippen LogP contribution in [0.1, 0.15) is 21.7 Å². The number of carbonyl (C=O) groups excluding carboxylic acids is 1. The number of benzene rings is 2. The van der Waals surface area contributed by atoms with Gasteiger partial charge in [0, 0.05) is 29.2 Å². The van der Waals surface area contributed by atoms with Crippen LogP contribution in [0, 0.1) is 6.92 Å². The van der Waals surface area contributed by atoms with Gasteiger partial charge >= 0.3 is 0 Å². The van der Waals surface area contributed by atoms with Gasteiger partial charge in [0.2, 0.25) is 0 Å². The van der Waals surface area contributed by atoms with Gasteiger partial charge in [0.25, 0.3) is 5.91 Å². The molecule has 0 unspecified atom stereocenters. The first-order valence-corrected chi connectivity index (χ1v) is 8.92. The Balaban J connectivity index is 1.85. The van der Waals surface area contributed by atoms with E-state index in [1.54, 1.807) is 61.0 Å². The molecule has 6 nitrogen and oxygen atoms in total. The van der Waals surface area contributed by atoms with Crippen molar-refractivity contribution in [3.63, 3.8) is 0 Å². The van der Waals surface area contributed by atoms with Crippen molar-refractivity contribution in [2.24, 2.45) is 0 Å². The molecule has 0 aliphatic heterocycles. The van der Waals surface area contributed by atoms with Crippen LogP contribution in [-0.2, 0) is 6.54 Å². The fourth-order valence-electron chi connectivity index (χ4n) is 2.76. The zero-order valence-electron chi connectivity index (χ0n) is 15.1. The third-order valence-electron chi connectivity index (χ3n) is 4.15. The fourth-order valence-corrected chi connectivity index (χ4v) is 3.14. The lowest BCUT2D eigenvalue weighted by atomic mass is 10.2. The van der Waals surface area contributed by atoms with Crippen molar-refractivity contribution in [2.75, 3.05) is 14.2 Å². The third-order valence-corrected chi connectivity index (χ3v) is 4.62. The standard InChI is InChI=1S/C19H18Cl2N4O2/c1-12-18(22-23-25(12)16-6-4-5-14(20)10-16)19(26)24(2)11-13-9-15(21)7-8-17(13)27-3/h4-10H,11H2,1-3H3. The van der Waals surface area contributed by atoms with Gasteiger partial charge in [0.15, 0.2) is 5.69 Å². The minimum absolute atomic E-state index is 0.247. The summed E-state index contributed by atoms with van der Waals surface area (Å²) >= 11 is 12.1. The Morgan fingerprint density at radius 1 is 1.19 bits per heavy atom. The largest absolute Gasteiger partial charge is 0.496 e. The van der Waals surface area contributed by atoms with E-state index in [0.29, 0.717) is 28.0 Å². The third kappa shape index (κ3) is 4.07. The molecule has 3 aromatic rings. The molecule has 0 spiro atoms. The van der Waals surface area contributed by atoms with E-state index in [0.717, 1.165) is 11.3 Å². The summed E-state index contributed by atoms with van der Waals surface area (Å²) in [5, 5.41) is 9.33. The van der Waals surface area contributed by atoms with Crippen LogP contribution in [0.2, 0.25) is 10.0 Å². The first-order chi connectivity index (χ1) is 12.9. The maximum atomic E-state index is 12.9. The van der Waals surface area contributed by atoms with E-state index in [4.69, 9.17) is 27.9 Å². The molecule has 0 bridgehead atoms. The molecular weight excluding hydrogens is 387 g/mol. The van der Waals surface area contributed by atoms with Gasteiger partial charge in [0.1, 0.15) is 5.75 Å². The number of methoxy groups -OCH3 is 1. The van der Waals surface area contributed by atoms with Crippen molar-refractivity contribution in [3.8, 4) is 11.4 Å². The van der Waals surface area contributed by atoms with E-state index in [9.17, 15) is 4.79 Å². The van der Waals surface area contributed by atoms with Crippen molar-refractivity contribution >= 4 is 29.1 Å². The topological polar surface area (TPSA) is 60.2 Å². The number of nitrogens with zero attached hydrogens (tertiary/aromatic N) is 4. The number of carbonyl (C=O) groups is 1. The molecule has 140 valence electrons. The van der Waals surface area contributed by atoms with E-state index in [-0.39, 0.29) is 11.6 Å². The number of ether oxygens (including phenoxy) is 1. The molecule has 0 fully saturated rings. The van der Waals surface area contributed by atoms with Crippen molar-refractivity contribution in [2.45, 2.75) is 13.5 Å². The minimum Gasteiger partial charge on any atom is -0.496 e. The molecule has 0 atom stereocenters. The van der Waals surface area contributed by atoms with E-state index < -0.39 is 0 Å². The zero-order valence-corrected chi connectivity index (χ0v) is 16.6. The van der Waals surface area contributed by atoms with Crippen LogP contribution in [0.5, 0.6) is 5.75 Å². The number of hydrogen-bond donors (Lipinski definition) is 0. The molecule has 0 aliphatic carbocycles. The van der Waals surface area contributed by atoms with Crippen molar-refractivity contribution in [3.05, 3.63) is 69.5 Å². The highest BCUT2D eigenvalue weighted by atomic mass is 35.5. The summed E-state index contributed by atoms with van der Waals surface area (Å²) in [5.41, 5.74) is 2.46. The van der Waals surface area contributed by atoms with Crippen molar-refractivity contribution in [1.82, 2.24) is 19.9 Å². The molecule has 2 aromatic carbocycles. The average molecular weight is 405 g/mol. The predicted molar refractivity (Wildman–Crippen MR) is 105 cm³/mol. The predicted octanol–water partition coefficient (Wildman–Crippen LogP) is 4.16. The Kier molecular flexibility index (Phi) is 5.68. The van der Waals surface area contributed by atoms with Gasteiger partial charge in [-0.1, -0.05) is 34.5 Å². The summed E-state index contributed by atoms with van der Waals surface area (Å²) in [6, 6.07) is 12.5. The van der Waals surface area contributed by atoms with E-state index in [2.05, 4.69) is 10.3 Å². The molecule has 1 heterocycles. The monoisotopic (exact) mass is 404 g/mol. The maximum Gasteiger partial charge on any atom is 0.276 e. The number of aromatic nitrogens is 3. The molecule has 0 saturated heterocycles. The van der Waals surface area contributed by atoms with E-state index >= 15 is 0 Å². The number of rotatable bonds is 5. The van der Waals surface area contributed by atoms with Gasteiger partial charge in [-0.2, -0.15) is 0 Å². The van der Waals surface area contributed by atoms with Gasteiger partial charge in [-0.15, -0.1) is 5.10 Å². The van der Waals surface area contributed by atoms with Gasteiger partial charge in [-0.3, -0.25) is 4.79 Å². The molecule has 0 radical (unpaired) electrons. The van der Waals surface area contributed by atoms with Crippen LogP contribution in [0.3, 0.4) is 0 Å². The lowest BCUT2D eigenvalue weighted by Crippen LogP contribution is -2.27. The van der Waals surface area contributed by atoms with Crippen LogP contribution in [-0.4, -0.2) is 40.0 Å². The second-order valence-electron chi connectivity index (χ2n) is 6.03. The maximum absolute atomic E-state index is 12.9. The highest BCUT2D eigenvalue weighted by Crippen LogP contribution is 2.24. The molecule has 3 rings (SSSR count). The van der Waals surface area contributed by atoms with Crippen LogP contribution in [0.25, 0.3) is 5.69 Å². The van der Waals surface area contributed by atoms with Crippen molar-refractivity contribution in [1.29, 1.82) is 0 Å². The second kappa shape index (κ2) is 7.98. The zero-order chi connectivity index (χ0) is 19.6. The molecule has 27 heavy (non-hydrogen) atoms. The molecule has 0 N–H and O–H groups in total. The van der Waals surface area contributed by atoms with Crippen molar-refractivity contribution < 1.29 is 9.53 Å². The molecule has 0 saturated carbocycles. The SMILES string of the molecule is COc1ccc(Cl)cc1CN(C)C(=O)c1nnn(-c2cccc(Cl)c2)c1C. The molecule has 8 heteroatoms. The summed E-state index contributed by atoms with van der Waals surface area (Å²) in [7, 11) is 3.27. The Morgan fingerprint density at radius 3 is 2.63 bits per heavy atom. The Bertz CT molecular complexity index is 988. The molecule has 1 aromatic heterocycles. The minimum atomic E-state index is -0.247. The van der Waals surface area contributed by atoms with Crippen LogP contribution in [0.4, 0.5) is 0 Å². The second-order valence-corrected chi connectivity index (χ2v) is 6.91. The molecule has 0 aliphatic rings. The van der Waals surface area contributed by atoms with Crippen LogP contribution < -0.4 is 4.74 Å². The average Bonchev–Trinajstić information content (AvgIpc) is 3.02. The molecule has 1 amide bonds. The highest BCUT2D eigenvalue weighted by molar-refractivity contribution is 6.31. The molecular formula is C19H18Cl2N4O2. The quantitative estimate of drug-likeness (QED) is 0.640. The number of amides is 1. The Labute approximate surface area is 167 Å². The fraction of sp³-hybridized carbons (Fsp3) is 0.211. The Hall–Kier alpha value is -2.57. The lowest BCUT2D eigenvalue weighted by Gasteiger charge is -2.18. The summed E-state index contributed by atoms with van der Waals surface area (Å²) < 4.78 is 6.93. The van der Waals surface area contributed by atoms with E-state index in [1.165, 1.54) is 0 Å². The summed E-state index contributed by atoms with van der Waals surface area (Å²) in [5.74, 6) is 0.418. The summed E-state index contributed by atoms with van der Waals surface area (Å²) in [6.07, 6.45) is 0. The Morgan fingerprint density at radius 2 is 1.93 bits per heavy atom. The normalized spacial score (nSPS) is 10.7.